The molecule has 1 N–H and O–H groups in total. The van der Waals surface area contributed by atoms with E-state index in [0.29, 0.717) is 18.6 Å². The Morgan fingerprint density at radius 3 is 2.80 bits per heavy atom. The van der Waals surface area contributed by atoms with Gasteiger partial charge in [-0.15, -0.1) is 0 Å². The van der Waals surface area contributed by atoms with Crippen LogP contribution in [-0.4, -0.2) is 25.2 Å². The first-order valence-corrected chi connectivity index (χ1v) is 6.66. The van der Waals surface area contributed by atoms with Gasteiger partial charge in [-0.05, 0) is 12.1 Å². The number of ether oxygens (including phenoxy) is 1. The molecule has 0 radical (unpaired) electrons. The Morgan fingerprint density at radius 2 is 2.10 bits per heavy atom. The summed E-state index contributed by atoms with van der Waals surface area (Å²) in [5.41, 5.74) is 1.80. The number of para-hydroxylation sites is 2. The van der Waals surface area contributed by atoms with Gasteiger partial charge in [0.25, 0.3) is 0 Å². The lowest BCUT2D eigenvalue weighted by Crippen LogP contribution is -2.22. The lowest BCUT2D eigenvalue weighted by Gasteiger charge is -2.17. The molecule has 2 rings (SSSR count). The predicted octanol–water partition coefficient (Wildman–Crippen LogP) is 2.95. The van der Waals surface area contributed by atoms with Crippen LogP contribution in [0, 0.1) is 0 Å². The second kappa shape index (κ2) is 6.43. The smallest absolute Gasteiger partial charge is 0.301 e. The summed E-state index contributed by atoms with van der Waals surface area (Å²) in [6, 6.07) is 8.74. The van der Waals surface area contributed by atoms with Crippen molar-refractivity contribution >= 4 is 11.7 Å². The number of anilines is 2. The number of oxazole rings is 1. The van der Waals surface area contributed by atoms with Crippen molar-refractivity contribution in [3.63, 3.8) is 0 Å². The molecule has 0 aliphatic rings. The van der Waals surface area contributed by atoms with Crippen LogP contribution in [0.15, 0.2) is 34.9 Å². The molecular formula is C15H21N3O2. The second-order valence-corrected chi connectivity index (χ2v) is 4.89. The zero-order valence-electron chi connectivity index (χ0n) is 12.4. The van der Waals surface area contributed by atoms with Gasteiger partial charge in [0, 0.05) is 19.6 Å². The van der Waals surface area contributed by atoms with Crippen LogP contribution >= 0.6 is 0 Å². The first-order valence-electron chi connectivity index (χ1n) is 6.66. The van der Waals surface area contributed by atoms with Crippen molar-refractivity contribution in [1.82, 2.24) is 10.3 Å². The van der Waals surface area contributed by atoms with E-state index in [1.54, 1.807) is 13.4 Å². The van der Waals surface area contributed by atoms with E-state index in [1.807, 2.05) is 36.2 Å². The van der Waals surface area contributed by atoms with E-state index in [9.17, 15) is 0 Å². The molecule has 5 nitrogen and oxygen atoms in total. The average molecular weight is 275 g/mol. The molecule has 1 aromatic heterocycles. The highest BCUT2D eigenvalue weighted by Crippen LogP contribution is 2.31. The van der Waals surface area contributed by atoms with Crippen molar-refractivity contribution in [3.8, 4) is 5.75 Å². The maximum atomic E-state index is 5.53. The fourth-order valence-electron chi connectivity index (χ4n) is 1.85. The second-order valence-electron chi connectivity index (χ2n) is 4.89. The first-order chi connectivity index (χ1) is 9.61. The molecule has 0 saturated heterocycles. The molecule has 0 atom stereocenters. The summed E-state index contributed by atoms with van der Waals surface area (Å²) in [5.74, 6) is 0.787. The molecule has 5 heteroatoms. The van der Waals surface area contributed by atoms with Gasteiger partial charge in [-0.1, -0.05) is 26.0 Å². The molecule has 20 heavy (non-hydrogen) atoms. The van der Waals surface area contributed by atoms with E-state index < -0.39 is 0 Å². The summed E-state index contributed by atoms with van der Waals surface area (Å²) in [6.07, 6.45) is 1.68. The number of hydrogen-bond acceptors (Lipinski definition) is 5. The Bertz CT molecular complexity index is 552. The van der Waals surface area contributed by atoms with Crippen LogP contribution in [0.2, 0.25) is 0 Å². The largest absolute Gasteiger partial charge is 0.495 e. The van der Waals surface area contributed by atoms with E-state index in [-0.39, 0.29) is 0 Å². The van der Waals surface area contributed by atoms with Crippen molar-refractivity contribution in [1.29, 1.82) is 0 Å². The quantitative estimate of drug-likeness (QED) is 0.878. The van der Waals surface area contributed by atoms with Crippen LogP contribution in [0.1, 0.15) is 19.5 Å². The topological polar surface area (TPSA) is 50.5 Å². The highest BCUT2D eigenvalue weighted by molar-refractivity contribution is 5.63. The van der Waals surface area contributed by atoms with E-state index in [4.69, 9.17) is 9.15 Å². The van der Waals surface area contributed by atoms with Crippen LogP contribution in [-0.2, 0) is 6.54 Å². The van der Waals surface area contributed by atoms with E-state index in [0.717, 1.165) is 17.1 Å². The van der Waals surface area contributed by atoms with Crippen LogP contribution in [0.25, 0.3) is 0 Å². The number of nitrogens with zero attached hydrogens (tertiary/aromatic N) is 2. The summed E-state index contributed by atoms with van der Waals surface area (Å²) >= 11 is 0. The van der Waals surface area contributed by atoms with Gasteiger partial charge in [-0.2, -0.15) is 4.98 Å². The lowest BCUT2D eigenvalue weighted by molar-refractivity contribution is 0.415. The Balaban J connectivity index is 2.15. The van der Waals surface area contributed by atoms with Crippen molar-refractivity contribution in [2.45, 2.75) is 26.4 Å². The van der Waals surface area contributed by atoms with Gasteiger partial charge in [0.2, 0.25) is 0 Å². The molecule has 0 amide bonds. The molecule has 108 valence electrons. The Labute approximate surface area is 119 Å². The molecule has 0 aliphatic heterocycles. The van der Waals surface area contributed by atoms with Gasteiger partial charge in [-0.25, -0.2) is 0 Å². The molecule has 0 bridgehead atoms. The monoisotopic (exact) mass is 275 g/mol. The third-order valence-corrected chi connectivity index (χ3v) is 2.96. The predicted molar refractivity (Wildman–Crippen MR) is 79.5 cm³/mol. The van der Waals surface area contributed by atoms with Gasteiger partial charge in [0.1, 0.15) is 12.0 Å². The number of hydrogen-bond donors (Lipinski definition) is 1. The van der Waals surface area contributed by atoms with Crippen molar-refractivity contribution in [3.05, 3.63) is 36.2 Å². The molecule has 0 saturated carbocycles. The third kappa shape index (κ3) is 3.30. The fourth-order valence-corrected chi connectivity index (χ4v) is 1.85. The van der Waals surface area contributed by atoms with Gasteiger partial charge in [-0.3, -0.25) is 4.90 Å². The van der Waals surface area contributed by atoms with Gasteiger partial charge < -0.3 is 14.5 Å². The minimum Gasteiger partial charge on any atom is -0.495 e. The van der Waals surface area contributed by atoms with Crippen LogP contribution < -0.4 is 15.0 Å². The number of benzene rings is 1. The summed E-state index contributed by atoms with van der Waals surface area (Å²) in [4.78, 5) is 6.35. The van der Waals surface area contributed by atoms with Crippen LogP contribution in [0.4, 0.5) is 11.7 Å². The van der Waals surface area contributed by atoms with E-state index in [2.05, 4.69) is 24.1 Å². The van der Waals surface area contributed by atoms with E-state index >= 15 is 0 Å². The van der Waals surface area contributed by atoms with Gasteiger partial charge >= 0.3 is 6.01 Å². The highest BCUT2D eigenvalue weighted by atomic mass is 16.5. The summed E-state index contributed by atoms with van der Waals surface area (Å²) in [5, 5.41) is 3.31. The Kier molecular flexibility index (Phi) is 4.63. The molecule has 0 fully saturated rings. The van der Waals surface area contributed by atoms with Crippen LogP contribution in [0.3, 0.4) is 0 Å². The number of nitrogens with one attached hydrogen (secondary N) is 1. The molecule has 0 unspecified atom stereocenters. The minimum atomic E-state index is 0.419. The van der Waals surface area contributed by atoms with Crippen molar-refractivity contribution < 1.29 is 9.15 Å². The zero-order chi connectivity index (χ0) is 14.5. The van der Waals surface area contributed by atoms with Crippen molar-refractivity contribution in [2.24, 2.45) is 0 Å². The number of aromatic nitrogens is 1. The molecule has 0 aliphatic carbocycles. The molecule has 1 aromatic carbocycles. The molecule has 1 heterocycles. The lowest BCUT2D eigenvalue weighted by atomic mass is 10.3. The Morgan fingerprint density at radius 1 is 1.35 bits per heavy atom. The average Bonchev–Trinajstić information content (AvgIpc) is 2.93. The normalized spacial score (nSPS) is 10.8. The van der Waals surface area contributed by atoms with E-state index in [1.165, 1.54) is 0 Å². The first kappa shape index (κ1) is 14.4. The Hall–Kier alpha value is -2.01. The van der Waals surface area contributed by atoms with Gasteiger partial charge in [0.05, 0.1) is 18.5 Å². The number of rotatable bonds is 6. The maximum Gasteiger partial charge on any atom is 0.301 e. The molecule has 0 spiro atoms. The molecular weight excluding hydrogens is 254 g/mol. The third-order valence-electron chi connectivity index (χ3n) is 2.96. The SMILES string of the molecule is COc1ccccc1N(C)c1nc(CNC(C)C)co1. The fraction of sp³-hybridized carbons (Fsp3) is 0.400. The maximum absolute atomic E-state index is 5.53. The minimum absolute atomic E-state index is 0.419. The highest BCUT2D eigenvalue weighted by Gasteiger charge is 2.14. The zero-order valence-corrected chi connectivity index (χ0v) is 12.4. The standard InChI is InChI=1S/C15H21N3O2/c1-11(2)16-9-12-10-20-15(17-12)18(3)13-7-5-6-8-14(13)19-4/h5-8,10-11,16H,9H2,1-4H3. The molecule has 2 aromatic rings. The summed E-state index contributed by atoms with van der Waals surface area (Å²) < 4.78 is 10.9. The van der Waals surface area contributed by atoms with Crippen LogP contribution in [0.5, 0.6) is 5.75 Å². The number of methoxy groups -OCH3 is 1. The van der Waals surface area contributed by atoms with Crippen molar-refractivity contribution in [2.75, 3.05) is 19.1 Å². The summed E-state index contributed by atoms with van der Waals surface area (Å²) in [7, 11) is 3.56. The van der Waals surface area contributed by atoms with Gasteiger partial charge in [0.15, 0.2) is 0 Å². The summed E-state index contributed by atoms with van der Waals surface area (Å²) in [6.45, 7) is 4.89.